The van der Waals surface area contributed by atoms with Gasteiger partial charge in [-0.1, -0.05) is 6.07 Å². The van der Waals surface area contributed by atoms with Crippen LogP contribution >= 0.6 is 35.3 Å². The molecule has 1 unspecified atom stereocenters. The van der Waals surface area contributed by atoms with E-state index < -0.39 is 0 Å². The lowest BCUT2D eigenvalue weighted by molar-refractivity contribution is -0.129. The summed E-state index contributed by atoms with van der Waals surface area (Å²) in [5.41, 5.74) is 0. The SMILES string of the molecule is CCNC(=NCC(c1cccs1)N1CCOCC1)NCCC(=O)N1CCCC1.I. The maximum Gasteiger partial charge on any atom is 0.224 e. The Morgan fingerprint density at radius 1 is 1.24 bits per heavy atom. The second-order valence-corrected chi connectivity index (χ2v) is 8.14. The molecule has 3 rings (SSSR count). The molecule has 0 radical (unpaired) electrons. The fourth-order valence-corrected chi connectivity index (χ4v) is 4.54. The molecular weight excluding hydrogens is 501 g/mol. The van der Waals surface area contributed by atoms with Crippen LogP contribution in [0.25, 0.3) is 0 Å². The molecule has 29 heavy (non-hydrogen) atoms. The maximum absolute atomic E-state index is 12.2. The molecule has 0 aromatic carbocycles. The Bertz CT molecular complexity index is 616. The predicted octanol–water partition coefficient (Wildman–Crippen LogP) is 2.31. The standard InChI is InChI=1S/C20H33N5O2S.HI/c1-2-21-20(22-8-7-19(26)25-9-3-4-10-25)23-16-17(18-6-5-15-28-18)24-11-13-27-14-12-24;/h5-6,15,17H,2-4,7-14,16H2,1H3,(H2,21,22,23);1H. The number of morpholine rings is 1. The number of rotatable bonds is 8. The summed E-state index contributed by atoms with van der Waals surface area (Å²) in [6, 6.07) is 4.56. The van der Waals surface area contributed by atoms with E-state index in [-0.39, 0.29) is 35.9 Å². The minimum Gasteiger partial charge on any atom is -0.379 e. The van der Waals surface area contributed by atoms with Crippen molar-refractivity contribution in [2.75, 3.05) is 59.0 Å². The summed E-state index contributed by atoms with van der Waals surface area (Å²) in [4.78, 5) is 22.8. The fourth-order valence-electron chi connectivity index (χ4n) is 3.69. The highest BCUT2D eigenvalue weighted by Crippen LogP contribution is 2.26. The van der Waals surface area contributed by atoms with Crippen molar-refractivity contribution in [3.8, 4) is 0 Å². The van der Waals surface area contributed by atoms with E-state index in [1.807, 2.05) is 4.90 Å². The van der Waals surface area contributed by atoms with Crippen molar-refractivity contribution in [3.05, 3.63) is 22.4 Å². The Morgan fingerprint density at radius 3 is 2.66 bits per heavy atom. The summed E-state index contributed by atoms with van der Waals surface area (Å²) in [6.07, 6.45) is 2.78. The van der Waals surface area contributed by atoms with Gasteiger partial charge in [-0.25, -0.2) is 0 Å². The highest BCUT2D eigenvalue weighted by molar-refractivity contribution is 14.0. The van der Waals surface area contributed by atoms with Crippen LogP contribution in [0.1, 0.15) is 37.1 Å². The molecule has 3 heterocycles. The molecular formula is C20H34IN5O2S. The number of nitrogens with zero attached hydrogens (tertiary/aromatic N) is 3. The van der Waals surface area contributed by atoms with E-state index >= 15 is 0 Å². The molecule has 0 saturated carbocycles. The predicted molar refractivity (Wildman–Crippen MR) is 129 cm³/mol. The maximum atomic E-state index is 12.2. The quantitative estimate of drug-likeness (QED) is 0.304. The van der Waals surface area contributed by atoms with Crippen LogP contribution in [-0.4, -0.2) is 80.7 Å². The molecule has 1 atom stereocenters. The number of carbonyl (C=O) groups excluding carboxylic acids is 1. The second kappa shape index (κ2) is 13.4. The van der Waals surface area contributed by atoms with Crippen LogP contribution < -0.4 is 10.6 Å². The first-order valence-corrected chi connectivity index (χ1v) is 11.3. The zero-order valence-corrected chi connectivity index (χ0v) is 20.4. The van der Waals surface area contributed by atoms with E-state index in [2.05, 4.69) is 40.0 Å². The summed E-state index contributed by atoms with van der Waals surface area (Å²) in [5.74, 6) is 1.03. The van der Waals surface area contributed by atoms with E-state index in [9.17, 15) is 4.79 Å². The van der Waals surface area contributed by atoms with Gasteiger partial charge >= 0.3 is 0 Å². The fraction of sp³-hybridized carbons (Fsp3) is 0.700. The highest BCUT2D eigenvalue weighted by atomic mass is 127. The summed E-state index contributed by atoms with van der Waals surface area (Å²) in [6.45, 7) is 9.42. The van der Waals surface area contributed by atoms with Gasteiger partial charge in [0.15, 0.2) is 5.96 Å². The number of hydrogen-bond donors (Lipinski definition) is 2. The van der Waals surface area contributed by atoms with Crippen LogP contribution in [0, 0.1) is 0 Å². The van der Waals surface area contributed by atoms with Gasteiger partial charge in [-0.15, -0.1) is 35.3 Å². The third-order valence-electron chi connectivity index (χ3n) is 5.21. The van der Waals surface area contributed by atoms with Crippen molar-refractivity contribution in [1.29, 1.82) is 0 Å². The molecule has 0 spiro atoms. The minimum absolute atomic E-state index is 0. The number of carbonyl (C=O) groups is 1. The van der Waals surface area contributed by atoms with Gasteiger partial charge in [0.2, 0.25) is 5.91 Å². The number of nitrogens with one attached hydrogen (secondary N) is 2. The number of halogens is 1. The Morgan fingerprint density at radius 2 is 2.00 bits per heavy atom. The van der Waals surface area contributed by atoms with Gasteiger partial charge in [0.25, 0.3) is 0 Å². The normalized spacial score (nSPS) is 18.9. The lowest BCUT2D eigenvalue weighted by atomic mass is 10.2. The Labute approximate surface area is 195 Å². The van der Waals surface area contributed by atoms with Crippen LogP contribution in [-0.2, 0) is 9.53 Å². The largest absolute Gasteiger partial charge is 0.379 e. The van der Waals surface area contributed by atoms with E-state index in [0.717, 1.165) is 64.7 Å². The van der Waals surface area contributed by atoms with E-state index in [0.29, 0.717) is 19.5 Å². The monoisotopic (exact) mass is 535 g/mol. The number of likely N-dealkylation sites (tertiary alicyclic amines) is 1. The molecule has 1 aromatic rings. The lowest BCUT2D eigenvalue weighted by Crippen LogP contribution is -2.42. The van der Waals surface area contributed by atoms with Crippen molar-refractivity contribution in [1.82, 2.24) is 20.4 Å². The van der Waals surface area contributed by atoms with E-state index in [4.69, 9.17) is 9.73 Å². The third kappa shape index (κ3) is 7.69. The van der Waals surface area contributed by atoms with Crippen molar-refractivity contribution < 1.29 is 9.53 Å². The first-order valence-electron chi connectivity index (χ1n) is 10.4. The molecule has 9 heteroatoms. The number of thiophene rings is 1. The van der Waals surface area contributed by atoms with E-state index in [1.165, 1.54) is 4.88 Å². The van der Waals surface area contributed by atoms with Gasteiger partial charge < -0.3 is 20.3 Å². The smallest absolute Gasteiger partial charge is 0.224 e. The molecule has 0 aliphatic carbocycles. The third-order valence-corrected chi connectivity index (χ3v) is 6.19. The number of aliphatic imine (C=N–C) groups is 1. The van der Waals surface area contributed by atoms with Gasteiger partial charge in [-0.05, 0) is 31.2 Å². The highest BCUT2D eigenvalue weighted by Gasteiger charge is 2.23. The van der Waals surface area contributed by atoms with Crippen LogP contribution in [0.5, 0.6) is 0 Å². The zero-order valence-electron chi connectivity index (χ0n) is 17.3. The zero-order chi connectivity index (χ0) is 19.6. The summed E-state index contributed by atoms with van der Waals surface area (Å²) in [5, 5.41) is 8.76. The average molecular weight is 535 g/mol. The Kier molecular flexibility index (Phi) is 11.3. The van der Waals surface area contributed by atoms with Gasteiger partial charge in [0, 0.05) is 50.6 Å². The van der Waals surface area contributed by atoms with E-state index in [1.54, 1.807) is 11.3 Å². The molecule has 2 N–H and O–H groups in total. The van der Waals surface area contributed by atoms with Gasteiger partial charge in [-0.2, -0.15) is 0 Å². The minimum atomic E-state index is 0. The number of amides is 1. The van der Waals surface area contributed by atoms with Gasteiger partial charge in [0.1, 0.15) is 0 Å². The number of guanidine groups is 1. The molecule has 7 nitrogen and oxygen atoms in total. The molecule has 1 amide bonds. The molecule has 164 valence electrons. The first-order chi connectivity index (χ1) is 13.8. The second-order valence-electron chi connectivity index (χ2n) is 7.16. The van der Waals surface area contributed by atoms with Crippen molar-refractivity contribution in [2.24, 2.45) is 4.99 Å². The Balaban J connectivity index is 0.00000300. The van der Waals surface area contributed by atoms with Crippen molar-refractivity contribution >= 4 is 47.2 Å². The topological polar surface area (TPSA) is 69.2 Å². The molecule has 1 aromatic heterocycles. The molecule has 2 fully saturated rings. The molecule has 2 saturated heterocycles. The van der Waals surface area contributed by atoms with Gasteiger partial charge in [0.05, 0.1) is 25.8 Å². The van der Waals surface area contributed by atoms with Crippen molar-refractivity contribution in [3.63, 3.8) is 0 Å². The lowest BCUT2D eigenvalue weighted by Gasteiger charge is -2.33. The summed E-state index contributed by atoms with van der Waals surface area (Å²) < 4.78 is 5.51. The first kappa shape index (κ1) is 24.4. The van der Waals surface area contributed by atoms with Crippen LogP contribution in [0.4, 0.5) is 0 Å². The van der Waals surface area contributed by atoms with Crippen molar-refractivity contribution in [2.45, 2.75) is 32.2 Å². The molecule has 0 bridgehead atoms. The average Bonchev–Trinajstić information content (AvgIpc) is 3.43. The number of hydrogen-bond acceptors (Lipinski definition) is 5. The summed E-state index contributed by atoms with van der Waals surface area (Å²) >= 11 is 1.78. The number of ether oxygens (including phenoxy) is 1. The van der Waals surface area contributed by atoms with Crippen LogP contribution in [0.2, 0.25) is 0 Å². The van der Waals surface area contributed by atoms with Gasteiger partial charge in [-0.3, -0.25) is 14.7 Å². The van der Waals surface area contributed by atoms with Crippen LogP contribution in [0.15, 0.2) is 22.5 Å². The summed E-state index contributed by atoms with van der Waals surface area (Å²) in [7, 11) is 0. The van der Waals surface area contributed by atoms with Crippen LogP contribution in [0.3, 0.4) is 0 Å². The molecule has 2 aliphatic rings. The molecule has 2 aliphatic heterocycles. The Hall–Kier alpha value is -0.910.